The number of halogens is 3. The molecule has 1 unspecified atom stereocenters. The molecule has 1 heterocycles. The van der Waals surface area contributed by atoms with E-state index in [1.165, 1.54) is 33.1 Å². The van der Waals surface area contributed by atoms with E-state index in [9.17, 15) is 23.5 Å². The summed E-state index contributed by atoms with van der Waals surface area (Å²) in [5, 5.41) is 17.4. The molecule has 1 saturated carbocycles. The minimum absolute atomic E-state index is 0.0210. The quantitative estimate of drug-likeness (QED) is 0.159. The fourth-order valence-electron chi connectivity index (χ4n) is 5.37. The van der Waals surface area contributed by atoms with Gasteiger partial charge in [0.25, 0.3) is 5.91 Å². The van der Waals surface area contributed by atoms with Gasteiger partial charge in [0, 0.05) is 40.4 Å². The number of carboxylic acid groups (broad SMARTS) is 1. The van der Waals surface area contributed by atoms with E-state index in [-0.39, 0.29) is 17.1 Å². The van der Waals surface area contributed by atoms with Crippen molar-refractivity contribution >= 4 is 40.6 Å². The van der Waals surface area contributed by atoms with Crippen molar-refractivity contribution in [1.82, 2.24) is 0 Å². The van der Waals surface area contributed by atoms with Crippen molar-refractivity contribution in [2.45, 2.75) is 63.7 Å². The fourth-order valence-corrected chi connectivity index (χ4v) is 5.50. The largest absolute Gasteiger partial charge is 0.497 e. The number of carbonyl (C=O) groups is 2. The molecule has 0 aromatic heterocycles. The van der Waals surface area contributed by atoms with Gasteiger partial charge in [-0.1, -0.05) is 41.9 Å². The van der Waals surface area contributed by atoms with Crippen LogP contribution in [-0.4, -0.2) is 48.6 Å². The molecular weight excluding hydrogens is 608 g/mol. The number of nitrogens with one attached hydrogen (secondary N) is 1. The summed E-state index contributed by atoms with van der Waals surface area (Å²) in [5.41, 5.74) is 1.94. The fraction of sp³-hybridized carbons (Fsp3) is 0.364. The maximum absolute atomic E-state index is 14.5. The van der Waals surface area contributed by atoms with Crippen molar-refractivity contribution in [3.63, 3.8) is 0 Å². The van der Waals surface area contributed by atoms with Crippen LogP contribution in [-0.2, 0) is 19.8 Å². The van der Waals surface area contributed by atoms with Gasteiger partial charge in [0.2, 0.25) is 5.60 Å². The van der Waals surface area contributed by atoms with Crippen molar-refractivity contribution in [2.24, 2.45) is 5.16 Å². The Bertz CT molecular complexity index is 1630. The number of carboxylic acids is 1. The molecule has 3 aromatic carbocycles. The lowest BCUT2D eigenvalue weighted by molar-refractivity contribution is -0.161. The van der Waals surface area contributed by atoms with Gasteiger partial charge >= 0.3 is 12.6 Å². The number of alkyl halides is 2. The molecule has 2 aliphatic rings. The van der Waals surface area contributed by atoms with E-state index in [0.29, 0.717) is 52.0 Å². The van der Waals surface area contributed by atoms with Crippen LogP contribution in [0.5, 0.6) is 11.5 Å². The third kappa shape index (κ3) is 6.83. The zero-order chi connectivity index (χ0) is 32.5. The Kier molecular flexibility index (Phi) is 8.93. The predicted octanol–water partition coefficient (Wildman–Crippen LogP) is 7.18. The maximum atomic E-state index is 14.5. The van der Waals surface area contributed by atoms with Crippen LogP contribution in [0.4, 0.5) is 20.2 Å². The third-order valence-electron chi connectivity index (χ3n) is 8.11. The number of rotatable bonds is 12. The first-order valence-corrected chi connectivity index (χ1v) is 14.8. The zero-order valence-corrected chi connectivity index (χ0v) is 26.0. The summed E-state index contributed by atoms with van der Waals surface area (Å²) in [6, 6.07) is 16.0. The molecule has 0 bridgehead atoms. The van der Waals surface area contributed by atoms with Crippen LogP contribution in [0, 0.1) is 0 Å². The Morgan fingerprint density at radius 1 is 1.09 bits per heavy atom. The Morgan fingerprint density at radius 3 is 2.40 bits per heavy atom. The molecule has 1 spiro atoms. The summed E-state index contributed by atoms with van der Waals surface area (Å²) in [6.07, 6.45) is 2.19. The number of amides is 1. The van der Waals surface area contributed by atoms with Gasteiger partial charge in [-0.3, -0.25) is 4.79 Å². The van der Waals surface area contributed by atoms with Crippen LogP contribution in [0.3, 0.4) is 0 Å². The average Bonchev–Trinajstić information content (AvgIpc) is 3.71. The highest BCUT2D eigenvalue weighted by molar-refractivity contribution is 6.30. The molecule has 2 N–H and O–H groups in total. The minimum Gasteiger partial charge on any atom is -0.497 e. The molecule has 1 aliphatic heterocycles. The topological polar surface area (TPSA) is 110 Å². The number of anilines is 2. The lowest BCUT2D eigenvalue weighted by Gasteiger charge is -2.27. The van der Waals surface area contributed by atoms with Gasteiger partial charge in [-0.25, -0.2) is 4.79 Å². The van der Waals surface area contributed by atoms with Crippen molar-refractivity contribution in [1.29, 1.82) is 0 Å². The molecule has 12 heteroatoms. The Hall–Kier alpha value is -4.38. The van der Waals surface area contributed by atoms with Gasteiger partial charge in [-0.05, 0) is 74.6 Å². The number of nitrogens with zero attached hydrogens (tertiary/aromatic N) is 2. The highest BCUT2D eigenvalue weighted by atomic mass is 35.5. The Labute approximate surface area is 264 Å². The second kappa shape index (κ2) is 12.5. The summed E-state index contributed by atoms with van der Waals surface area (Å²) >= 11 is 6.18. The molecule has 0 saturated heterocycles. The minimum atomic E-state index is -2.99. The van der Waals surface area contributed by atoms with Crippen LogP contribution in [0.2, 0.25) is 5.02 Å². The van der Waals surface area contributed by atoms with Gasteiger partial charge < -0.3 is 29.6 Å². The van der Waals surface area contributed by atoms with Crippen molar-refractivity contribution in [3.8, 4) is 11.5 Å². The van der Waals surface area contributed by atoms with Crippen LogP contribution in [0.1, 0.15) is 62.8 Å². The van der Waals surface area contributed by atoms with Gasteiger partial charge in [0.15, 0.2) is 0 Å². The Morgan fingerprint density at radius 2 is 1.80 bits per heavy atom. The average molecular weight is 642 g/mol. The zero-order valence-electron chi connectivity index (χ0n) is 25.3. The van der Waals surface area contributed by atoms with Gasteiger partial charge in [0.05, 0.1) is 18.5 Å². The van der Waals surface area contributed by atoms with E-state index in [0.717, 1.165) is 18.4 Å². The number of hydrogen-bond acceptors (Lipinski definition) is 7. The predicted molar refractivity (Wildman–Crippen MR) is 167 cm³/mol. The smallest absolute Gasteiger partial charge is 0.387 e. The van der Waals surface area contributed by atoms with Crippen LogP contribution >= 0.6 is 11.6 Å². The monoisotopic (exact) mass is 641 g/mol. The van der Waals surface area contributed by atoms with Gasteiger partial charge in [0.1, 0.15) is 17.5 Å². The molecule has 1 amide bonds. The van der Waals surface area contributed by atoms with E-state index in [2.05, 4.69) is 15.2 Å². The van der Waals surface area contributed by atoms with Crippen molar-refractivity contribution < 1.29 is 37.8 Å². The number of methoxy groups -OCH3 is 1. The molecule has 9 nitrogen and oxygen atoms in total. The van der Waals surface area contributed by atoms with Crippen LogP contribution in [0.15, 0.2) is 65.8 Å². The highest BCUT2D eigenvalue weighted by Gasteiger charge is 2.53. The Balaban J connectivity index is 1.52. The number of aliphatic carboxylic acids is 1. The summed E-state index contributed by atoms with van der Waals surface area (Å²) < 4.78 is 36.3. The molecule has 5 rings (SSSR count). The first kappa shape index (κ1) is 32.0. The molecule has 1 fully saturated rings. The summed E-state index contributed by atoms with van der Waals surface area (Å²) in [4.78, 5) is 33.0. The van der Waals surface area contributed by atoms with Crippen molar-refractivity contribution in [2.75, 3.05) is 23.9 Å². The summed E-state index contributed by atoms with van der Waals surface area (Å²) in [7, 11) is 1.51. The number of ether oxygens (including phenoxy) is 2. The van der Waals surface area contributed by atoms with Gasteiger partial charge in [-0.15, -0.1) is 0 Å². The standard InChI is InChI=1S/C33H34ClF2N3O6/c1-5-26(38-45-32(2,3)30(41)42)20-14-22(16-24(15-20)43-4)37-28(19-6-8-21(34)9-7-19)29(40)39-18-33(12-13-33)25-11-10-23(17-27(25)39)44-31(35)36/h6-11,14-17,28,31,37H,5,12-13,18H2,1-4H3,(H,41,42). The number of oxime groups is 1. The van der Waals surface area contributed by atoms with Crippen LogP contribution in [0.25, 0.3) is 0 Å². The van der Waals surface area contributed by atoms with Crippen LogP contribution < -0.4 is 19.7 Å². The van der Waals surface area contributed by atoms with Gasteiger partial charge in [-0.2, -0.15) is 8.78 Å². The number of benzene rings is 3. The first-order chi connectivity index (χ1) is 21.4. The molecule has 1 aliphatic carbocycles. The van der Waals surface area contributed by atoms with E-state index in [4.69, 9.17) is 21.2 Å². The van der Waals surface area contributed by atoms with E-state index in [1.54, 1.807) is 53.4 Å². The number of fused-ring (bicyclic) bond motifs is 2. The molecule has 238 valence electrons. The summed E-state index contributed by atoms with van der Waals surface area (Å²) in [6.45, 7) is 2.08. The highest BCUT2D eigenvalue weighted by Crippen LogP contribution is 2.57. The van der Waals surface area contributed by atoms with E-state index < -0.39 is 24.2 Å². The molecule has 0 radical (unpaired) electrons. The first-order valence-electron chi connectivity index (χ1n) is 14.5. The SMILES string of the molecule is CCC(=NOC(C)(C)C(=O)O)c1cc(NC(C(=O)N2CC3(CC3)c3ccc(OC(F)F)cc32)c2ccc(Cl)cc2)cc(OC)c1. The normalized spacial score (nSPS) is 15.9. The maximum Gasteiger partial charge on any atom is 0.387 e. The molecule has 3 aromatic rings. The second-order valence-electron chi connectivity index (χ2n) is 11.6. The summed E-state index contributed by atoms with van der Waals surface area (Å²) in [5.74, 6) is -1.01. The molecular formula is C33H34ClF2N3O6. The lowest BCUT2D eigenvalue weighted by atomic mass is 9.99. The molecule has 1 atom stereocenters. The third-order valence-corrected chi connectivity index (χ3v) is 8.36. The second-order valence-corrected chi connectivity index (χ2v) is 12.1. The number of carbonyl (C=O) groups excluding carboxylic acids is 1. The number of hydrogen-bond donors (Lipinski definition) is 2. The lowest BCUT2D eigenvalue weighted by Crippen LogP contribution is -2.38. The van der Waals surface area contributed by atoms with E-state index in [1.807, 2.05) is 6.92 Å². The molecule has 45 heavy (non-hydrogen) atoms. The van der Waals surface area contributed by atoms with Crippen molar-refractivity contribution in [3.05, 3.63) is 82.4 Å². The van der Waals surface area contributed by atoms with E-state index >= 15 is 0 Å².